The summed E-state index contributed by atoms with van der Waals surface area (Å²) >= 11 is 0. The summed E-state index contributed by atoms with van der Waals surface area (Å²) in [4.78, 5) is 26.9. The first-order valence-corrected chi connectivity index (χ1v) is 7.24. The Labute approximate surface area is 123 Å². The Balaban J connectivity index is 1.69. The zero-order valence-electron chi connectivity index (χ0n) is 12.1. The van der Waals surface area contributed by atoms with E-state index in [4.69, 9.17) is 4.74 Å². The Hall–Kier alpha value is -1.94. The number of carbonyl (C=O) groups excluding carboxylic acids is 2. The van der Waals surface area contributed by atoms with E-state index < -0.39 is 11.2 Å². The van der Waals surface area contributed by atoms with Crippen molar-refractivity contribution in [3.8, 4) is 0 Å². The van der Waals surface area contributed by atoms with Crippen LogP contribution in [0.25, 0.3) is 0 Å². The van der Waals surface area contributed by atoms with Crippen LogP contribution in [-0.4, -0.2) is 27.9 Å². The fourth-order valence-electron chi connectivity index (χ4n) is 4.01. The van der Waals surface area contributed by atoms with E-state index in [-0.39, 0.29) is 23.7 Å². The topological polar surface area (TPSA) is 46.6 Å². The van der Waals surface area contributed by atoms with Crippen LogP contribution in [-0.2, 0) is 20.9 Å². The molecule has 4 heteroatoms. The number of hydrogen-bond acceptors (Lipinski definition) is 3. The summed E-state index contributed by atoms with van der Waals surface area (Å²) in [6.07, 6.45) is 3.87. The molecule has 3 aliphatic heterocycles. The lowest BCUT2D eigenvalue weighted by Crippen LogP contribution is -2.39. The van der Waals surface area contributed by atoms with Gasteiger partial charge in [-0.3, -0.25) is 14.5 Å². The van der Waals surface area contributed by atoms with Crippen molar-refractivity contribution in [1.82, 2.24) is 4.90 Å². The Morgan fingerprint density at radius 3 is 2.05 bits per heavy atom. The predicted octanol–water partition coefficient (Wildman–Crippen LogP) is 1.91. The summed E-state index contributed by atoms with van der Waals surface area (Å²) in [6, 6.07) is 9.62. The number of nitrogens with zero attached hydrogens (tertiary/aromatic N) is 1. The molecule has 0 spiro atoms. The number of fused-ring (bicyclic) bond motifs is 5. The molecule has 1 aromatic rings. The lowest BCUT2D eigenvalue weighted by molar-refractivity contribution is -0.146. The standard InChI is InChI=1S/C17H17NO3/c1-16-8-9-17(2,21-16)13-12(16)14(19)18(15(13)20)10-11-6-4-3-5-7-11/h3-9,12-13H,10H2,1-2H3/t12-,13-,16-,17-/m1/s1. The Morgan fingerprint density at radius 2 is 1.52 bits per heavy atom. The van der Waals surface area contributed by atoms with Gasteiger partial charge in [-0.15, -0.1) is 0 Å². The highest BCUT2D eigenvalue weighted by atomic mass is 16.5. The van der Waals surface area contributed by atoms with Crippen molar-refractivity contribution >= 4 is 11.8 Å². The fourth-order valence-corrected chi connectivity index (χ4v) is 4.01. The van der Waals surface area contributed by atoms with E-state index in [2.05, 4.69) is 0 Å². The minimum absolute atomic E-state index is 0.107. The average molecular weight is 283 g/mol. The van der Waals surface area contributed by atoms with E-state index in [0.29, 0.717) is 6.54 Å². The molecule has 1 aromatic carbocycles. The van der Waals surface area contributed by atoms with Crippen LogP contribution in [0.3, 0.4) is 0 Å². The average Bonchev–Trinajstić information content (AvgIpc) is 2.99. The van der Waals surface area contributed by atoms with Gasteiger partial charge in [-0.05, 0) is 19.4 Å². The van der Waals surface area contributed by atoms with E-state index >= 15 is 0 Å². The maximum atomic E-state index is 12.7. The van der Waals surface area contributed by atoms with E-state index in [0.717, 1.165) is 5.56 Å². The minimum atomic E-state index is -0.641. The maximum absolute atomic E-state index is 12.7. The monoisotopic (exact) mass is 283 g/mol. The minimum Gasteiger partial charge on any atom is -0.359 e. The Kier molecular flexibility index (Phi) is 2.33. The Morgan fingerprint density at radius 1 is 1.00 bits per heavy atom. The molecule has 0 aliphatic carbocycles. The summed E-state index contributed by atoms with van der Waals surface area (Å²) < 4.78 is 5.97. The first-order chi connectivity index (χ1) is 9.95. The van der Waals surface area contributed by atoms with Gasteiger partial charge in [-0.2, -0.15) is 0 Å². The largest absolute Gasteiger partial charge is 0.359 e. The number of ether oxygens (including phenoxy) is 1. The predicted molar refractivity (Wildman–Crippen MR) is 76.0 cm³/mol. The SMILES string of the molecule is C[C@]12C=C[C@@](C)(O1)[C@H]1C(=O)N(Cc3ccccc3)C(=O)[C@@H]12. The van der Waals surface area contributed by atoms with Gasteiger partial charge in [0, 0.05) is 0 Å². The third-order valence-corrected chi connectivity index (χ3v) is 5.00. The lowest BCUT2D eigenvalue weighted by Gasteiger charge is -2.25. The van der Waals surface area contributed by atoms with Gasteiger partial charge in [0.25, 0.3) is 0 Å². The van der Waals surface area contributed by atoms with E-state index in [1.165, 1.54) is 4.90 Å². The van der Waals surface area contributed by atoms with Gasteiger partial charge in [0.05, 0.1) is 29.6 Å². The van der Waals surface area contributed by atoms with Gasteiger partial charge in [-0.1, -0.05) is 42.5 Å². The molecule has 2 amide bonds. The number of carbonyl (C=O) groups is 2. The quantitative estimate of drug-likeness (QED) is 0.615. The summed E-state index contributed by atoms with van der Waals surface area (Å²) in [5.74, 6) is -0.985. The third kappa shape index (κ3) is 1.54. The van der Waals surface area contributed by atoms with Crippen LogP contribution in [0, 0.1) is 11.8 Å². The number of rotatable bonds is 2. The van der Waals surface area contributed by atoms with Crippen molar-refractivity contribution in [1.29, 1.82) is 0 Å². The first-order valence-electron chi connectivity index (χ1n) is 7.24. The Bertz CT molecular complexity index is 632. The molecule has 0 aromatic heterocycles. The van der Waals surface area contributed by atoms with Crippen molar-refractivity contribution in [3.05, 3.63) is 48.0 Å². The highest BCUT2D eigenvalue weighted by molar-refractivity contribution is 6.07. The molecule has 0 saturated carbocycles. The van der Waals surface area contributed by atoms with Crippen LogP contribution >= 0.6 is 0 Å². The van der Waals surface area contributed by atoms with Crippen LogP contribution < -0.4 is 0 Å². The zero-order valence-corrected chi connectivity index (χ0v) is 12.1. The summed E-state index contributed by atoms with van der Waals surface area (Å²) in [5.41, 5.74) is -0.314. The van der Waals surface area contributed by atoms with Crippen molar-refractivity contribution in [2.24, 2.45) is 11.8 Å². The molecule has 4 atom stereocenters. The second kappa shape index (κ2) is 3.83. The maximum Gasteiger partial charge on any atom is 0.236 e. The molecule has 3 aliphatic rings. The van der Waals surface area contributed by atoms with Crippen LogP contribution in [0.5, 0.6) is 0 Å². The number of amides is 2. The van der Waals surface area contributed by atoms with Crippen LogP contribution in [0.1, 0.15) is 19.4 Å². The highest BCUT2D eigenvalue weighted by Gasteiger charge is 2.70. The molecule has 108 valence electrons. The van der Waals surface area contributed by atoms with Crippen LogP contribution in [0.2, 0.25) is 0 Å². The summed E-state index contributed by atoms with van der Waals surface area (Å²) in [7, 11) is 0. The molecule has 3 heterocycles. The smallest absolute Gasteiger partial charge is 0.236 e. The highest BCUT2D eigenvalue weighted by Crippen LogP contribution is 2.57. The molecule has 0 radical (unpaired) electrons. The molecular weight excluding hydrogens is 266 g/mol. The van der Waals surface area contributed by atoms with Gasteiger partial charge in [0.2, 0.25) is 11.8 Å². The normalized spacial score (nSPS) is 40.2. The number of hydrogen-bond donors (Lipinski definition) is 0. The first kappa shape index (κ1) is 12.8. The molecule has 0 unspecified atom stereocenters. The van der Waals surface area contributed by atoms with E-state index in [1.54, 1.807) is 0 Å². The molecule has 21 heavy (non-hydrogen) atoms. The van der Waals surface area contributed by atoms with Crippen molar-refractivity contribution < 1.29 is 14.3 Å². The lowest BCUT2D eigenvalue weighted by atomic mass is 9.73. The molecule has 2 bridgehead atoms. The van der Waals surface area contributed by atoms with Crippen molar-refractivity contribution in [2.45, 2.75) is 31.6 Å². The van der Waals surface area contributed by atoms with Gasteiger partial charge in [0.15, 0.2) is 0 Å². The fraction of sp³-hybridized carbons (Fsp3) is 0.412. The van der Waals surface area contributed by atoms with Gasteiger partial charge >= 0.3 is 0 Å². The van der Waals surface area contributed by atoms with Gasteiger partial charge < -0.3 is 4.74 Å². The van der Waals surface area contributed by atoms with Gasteiger partial charge in [-0.25, -0.2) is 0 Å². The molecule has 2 saturated heterocycles. The van der Waals surface area contributed by atoms with Gasteiger partial charge in [0.1, 0.15) is 0 Å². The van der Waals surface area contributed by atoms with Crippen LogP contribution in [0.15, 0.2) is 42.5 Å². The number of benzene rings is 1. The molecule has 2 fully saturated rings. The number of imide groups is 1. The van der Waals surface area contributed by atoms with Crippen molar-refractivity contribution in [3.63, 3.8) is 0 Å². The summed E-state index contributed by atoms with van der Waals surface area (Å²) in [6.45, 7) is 4.14. The number of likely N-dealkylation sites (tertiary alicyclic amines) is 1. The van der Waals surface area contributed by atoms with Crippen LogP contribution in [0.4, 0.5) is 0 Å². The molecule has 4 rings (SSSR count). The summed E-state index contributed by atoms with van der Waals surface area (Å²) in [5, 5.41) is 0. The molecule has 0 N–H and O–H groups in total. The molecular formula is C17H17NO3. The zero-order chi connectivity index (χ0) is 14.8. The second-order valence-corrected chi connectivity index (χ2v) is 6.51. The molecule has 4 nitrogen and oxygen atoms in total. The third-order valence-electron chi connectivity index (χ3n) is 5.00. The van der Waals surface area contributed by atoms with E-state index in [9.17, 15) is 9.59 Å². The van der Waals surface area contributed by atoms with E-state index in [1.807, 2.05) is 56.3 Å². The van der Waals surface area contributed by atoms with Crippen molar-refractivity contribution in [2.75, 3.05) is 0 Å². The second-order valence-electron chi connectivity index (χ2n) is 6.51.